The second-order valence-corrected chi connectivity index (χ2v) is 8.60. The fourth-order valence-corrected chi connectivity index (χ4v) is 4.10. The maximum atomic E-state index is 12.2. The van der Waals surface area contributed by atoms with E-state index in [2.05, 4.69) is 33.1 Å². The van der Waals surface area contributed by atoms with Gasteiger partial charge in [-0.25, -0.2) is 0 Å². The monoisotopic (exact) mass is 438 g/mol. The van der Waals surface area contributed by atoms with E-state index >= 15 is 0 Å². The molecule has 4 N–H and O–H groups in total. The molecular weight excluding hydrogens is 408 g/mol. The first-order chi connectivity index (χ1) is 15.0. The number of aliphatic imine (C=N–C) groups is 1. The summed E-state index contributed by atoms with van der Waals surface area (Å²) in [5.74, 6) is 0.556. The molecule has 1 amide bonds. The molecule has 0 bridgehead atoms. The molecule has 2 aromatic carbocycles. The number of hydrogen-bond acceptors (Lipinski definition) is 4. The molecular formula is C24H30N4O2S. The third-order valence-corrected chi connectivity index (χ3v) is 6.34. The lowest BCUT2D eigenvalue weighted by Crippen LogP contribution is -2.38. The number of nitrogens with one attached hydrogen (secondary N) is 3. The third kappa shape index (κ3) is 6.29. The molecule has 0 saturated carbocycles. The minimum absolute atomic E-state index is 0.0541. The smallest absolute Gasteiger partial charge is 0.251 e. The van der Waals surface area contributed by atoms with Crippen LogP contribution in [0.2, 0.25) is 0 Å². The lowest BCUT2D eigenvalue weighted by Gasteiger charge is -2.15. The molecule has 2 unspecified atom stereocenters. The number of aliphatic hydroxyl groups is 1. The predicted octanol–water partition coefficient (Wildman–Crippen LogP) is 3.83. The average Bonchev–Trinajstić information content (AvgIpc) is 3.23. The van der Waals surface area contributed by atoms with Crippen molar-refractivity contribution in [3.63, 3.8) is 0 Å². The van der Waals surface area contributed by atoms with Crippen molar-refractivity contribution >= 4 is 33.3 Å². The van der Waals surface area contributed by atoms with Crippen LogP contribution in [0.5, 0.6) is 0 Å². The first-order valence-corrected chi connectivity index (χ1v) is 11.3. The lowest BCUT2D eigenvalue weighted by molar-refractivity contribution is 0.0939. The van der Waals surface area contributed by atoms with Gasteiger partial charge in [0.2, 0.25) is 0 Å². The Kier molecular flexibility index (Phi) is 8.03. The Balaban J connectivity index is 1.49. The normalized spacial score (nSPS) is 13.6. The van der Waals surface area contributed by atoms with E-state index in [1.165, 1.54) is 4.70 Å². The molecule has 0 aliphatic carbocycles. The van der Waals surface area contributed by atoms with Gasteiger partial charge in [0, 0.05) is 41.3 Å². The lowest BCUT2D eigenvalue weighted by atomic mass is 10.1. The minimum Gasteiger partial charge on any atom is -0.386 e. The number of carbonyl (C=O) groups excluding carboxylic acids is 1. The van der Waals surface area contributed by atoms with Gasteiger partial charge in [0.1, 0.15) is 6.10 Å². The number of aliphatic hydroxyl groups excluding tert-OH is 1. The van der Waals surface area contributed by atoms with Crippen LogP contribution in [0.25, 0.3) is 10.1 Å². The second kappa shape index (κ2) is 10.9. The Labute approximate surface area is 187 Å². The number of thiophene rings is 1. The first-order valence-electron chi connectivity index (χ1n) is 10.5. The molecule has 6 nitrogen and oxygen atoms in total. The molecule has 3 rings (SSSR count). The van der Waals surface area contributed by atoms with Crippen LogP contribution in [0.1, 0.15) is 47.2 Å². The molecule has 1 aromatic heterocycles. The summed E-state index contributed by atoms with van der Waals surface area (Å²) in [6.45, 7) is 4.96. The molecule has 0 aliphatic rings. The summed E-state index contributed by atoms with van der Waals surface area (Å²) in [5, 5.41) is 21.1. The Morgan fingerprint density at radius 2 is 1.87 bits per heavy atom. The van der Waals surface area contributed by atoms with Crippen molar-refractivity contribution in [2.45, 2.75) is 39.0 Å². The highest BCUT2D eigenvalue weighted by Crippen LogP contribution is 2.29. The van der Waals surface area contributed by atoms with Crippen molar-refractivity contribution < 1.29 is 9.90 Å². The Morgan fingerprint density at radius 1 is 1.13 bits per heavy atom. The molecule has 0 saturated heterocycles. The van der Waals surface area contributed by atoms with E-state index in [1.54, 1.807) is 18.4 Å². The van der Waals surface area contributed by atoms with Crippen LogP contribution in [0.4, 0.5) is 0 Å². The van der Waals surface area contributed by atoms with Gasteiger partial charge in [-0.1, -0.05) is 37.3 Å². The largest absolute Gasteiger partial charge is 0.386 e. The molecule has 0 radical (unpaired) electrons. The zero-order chi connectivity index (χ0) is 22.2. The van der Waals surface area contributed by atoms with Gasteiger partial charge in [-0.15, -0.1) is 11.3 Å². The van der Waals surface area contributed by atoms with E-state index in [4.69, 9.17) is 0 Å². The fraction of sp³-hybridized carbons (Fsp3) is 0.333. The number of rotatable bonds is 8. The van der Waals surface area contributed by atoms with Gasteiger partial charge in [0.15, 0.2) is 5.96 Å². The Bertz CT molecular complexity index is 996. The van der Waals surface area contributed by atoms with Gasteiger partial charge in [-0.3, -0.25) is 9.79 Å². The standard InChI is InChI=1S/C24H30N4O2S/c1-4-16(2)28-23(30)18-11-9-17(10-12-18)14-26-24(25-3)27-15-20(29)22-13-19-7-5-6-8-21(19)31-22/h5-13,16,20,29H,4,14-15H2,1-3H3,(H,28,30)(H2,25,26,27). The van der Waals surface area contributed by atoms with Gasteiger partial charge < -0.3 is 21.1 Å². The maximum Gasteiger partial charge on any atom is 0.251 e. The van der Waals surface area contributed by atoms with Crippen LogP contribution in [0.15, 0.2) is 59.6 Å². The zero-order valence-corrected chi connectivity index (χ0v) is 19.0. The van der Waals surface area contributed by atoms with Crippen molar-refractivity contribution in [3.8, 4) is 0 Å². The topological polar surface area (TPSA) is 85.8 Å². The average molecular weight is 439 g/mol. The van der Waals surface area contributed by atoms with Crippen LogP contribution >= 0.6 is 11.3 Å². The summed E-state index contributed by atoms with van der Waals surface area (Å²) in [6.07, 6.45) is 0.288. The summed E-state index contributed by atoms with van der Waals surface area (Å²) in [6, 6.07) is 17.8. The van der Waals surface area contributed by atoms with E-state index in [9.17, 15) is 9.90 Å². The highest BCUT2D eigenvalue weighted by molar-refractivity contribution is 7.19. The van der Waals surface area contributed by atoms with Crippen molar-refractivity contribution in [1.82, 2.24) is 16.0 Å². The van der Waals surface area contributed by atoms with E-state index in [0.717, 1.165) is 22.2 Å². The summed E-state index contributed by atoms with van der Waals surface area (Å²) in [4.78, 5) is 17.3. The van der Waals surface area contributed by atoms with Crippen molar-refractivity contribution in [2.24, 2.45) is 4.99 Å². The quantitative estimate of drug-likeness (QED) is 0.318. The number of fused-ring (bicyclic) bond motifs is 1. The maximum absolute atomic E-state index is 12.2. The van der Waals surface area contributed by atoms with Crippen LogP contribution in [-0.2, 0) is 6.54 Å². The number of carbonyl (C=O) groups is 1. The number of nitrogens with zero attached hydrogens (tertiary/aromatic N) is 1. The van der Waals surface area contributed by atoms with Crippen LogP contribution < -0.4 is 16.0 Å². The van der Waals surface area contributed by atoms with Gasteiger partial charge in [0.05, 0.1) is 0 Å². The summed E-state index contributed by atoms with van der Waals surface area (Å²) < 4.78 is 1.17. The number of hydrogen-bond donors (Lipinski definition) is 4. The summed E-state index contributed by atoms with van der Waals surface area (Å²) >= 11 is 1.60. The number of benzene rings is 2. The predicted molar refractivity (Wildman–Crippen MR) is 129 cm³/mol. The molecule has 164 valence electrons. The highest BCUT2D eigenvalue weighted by atomic mass is 32.1. The Morgan fingerprint density at radius 3 is 2.55 bits per heavy atom. The van der Waals surface area contributed by atoms with Crippen molar-refractivity contribution in [2.75, 3.05) is 13.6 Å². The number of guanidine groups is 1. The van der Waals surface area contributed by atoms with E-state index < -0.39 is 6.10 Å². The van der Waals surface area contributed by atoms with Crippen molar-refractivity contribution in [1.29, 1.82) is 0 Å². The molecule has 0 aliphatic heterocycles. The summed E-state index contributed by atoms with van der Waals surface area (Å²) in [5.41, 5.74) is 1.69. The van der Waals surface area contributed by atoms with Crippen LogP contribution in [-0.4, -0.2) is 36.6 Å². The van der Waals surface area contributed by atoms with Gasteiger partial charge >= 0.3 is 0 Å². The molecule has 31 heavy (non-hydrogen) atoms. The Hall–Kier alpha value is -2.90. The molecule has 0 fully saturated rings. The molecule has 7 heteroatoms. The van der Waals surface area contributed by atoms with Gasteiger partial charge in [-0.2, -0.15) is 0 Å². The van der Waals surface area contributed by atoms with E-state index in [0.29, 0.717) is 24.6 Å². The van der Waals surface area contributed by atoms with Crippen LogP contribution in [0, 0.1) is 0 Å². The van der Waals surface area contributed by atoms with E-state index in [-0.39, 0.29) is 11.9 Å². The molecule has 3 aromatic rings. The first kappa shape index (κ1) is 22.8. The molecule has 0 spiro atoms. The van der Waals surface area contributed by atoms with Crippen LogP contribution in [0.3, 0.4) is 0 Å². The SMILES string of the molecule is CCC(C)NC(=O)c1ccc(CNC(=NC)NCC(O)c2cc3ccccc3s2)cc1. The second-order valence-electron chi connectivity index (χ2n) is 7.49. The zero-order valence-electron chi connectivity index (χ0n) is 18.2. The van der Waals surface area contributed by atoms with Gasteiger partial charge in [-0.05, 0) is 48.6 Å². The van der Waals surface area contributed by atoms with Gasteiger partial charge in [0.25, 0.3) is 5.91 Å². The highest BCUT2D eigenvalue weighted by Gasteiger charge is 2.12. The van der Waals surface area contributed by atoms with E-state index in [1.807, 2.05) is 56.3 Å². The third-order valence-electron chi connectivity index (χ3n) is 5.13. The fourth-order valence-electron chi connectivity index (χ4n) is 3.05. The number of amides is 1. The van der Waals surface area contributed by atoms with Crippen molar-refractivity contribution in [3.05, 3.63) is 70.6 Å². The molecule has 2 atom stereocenters. The molecule has 1 heterocycles. The summed E-state index contributed by atoms with van der Waals surface area (Å²) in [7, 11) is 1.70. The minimum atomic E-state index is -0.612.